The van der Waals surface area contributed by atoms with Gasteiger partial charge < -0.3 is 9.47 Å². The van der Waals surface area contributed by atoms with E-state index in [0.717, 1.165) is 0 Å². The normalized spacial score (nSPS) is 13.5. The van der Waals surface area contributed by atoms with Crippen LogP contribution in [-0.4, -0.2) is 36.5 Å². The van der Waals surface area contributed by atoms with E-state index in [9.17, 15) is 35.9 Å². The Bertz CT molecular complexity index is 468. The number of carbonyl (C=O) groups is 2. The molecule has 0 aliphatic carbocycles. The van der Waals surface area contributed by atoms with Crippen molar-refractivity contribution in [3.63, 3.8) is 0 Å². The summed E-state index contributed by atoms with van der Waals surface area (Å²) in [5.41, 5.74) is -6.18. The predicted octanol–water partition coefficient (Wildman–Crippen LogP) is 4.95. The summed E-state index contributed by atoms with van der Waals surface area (Å²) in [6, 6.07) is 0. The summed E-state index contributed by atoms with van der Waals surface area (Å²) < 4.78 is 87.7. The maximum Gasteiger partial charge on any atom is 0.441 e. The zero-order valence-corrected chi connectivity index (χ0v) is 15.1. The molecule has 0 aromatic rings. The van der Waals surface area contributed by atoms with Crippen molar-refractivity contribution in [3.8, 4) is 0 Å². The number of esters is 2. The number of alkyl halides is 6. The largest absolute Gasteiger partial charge is 0.460 e. The molecule has 26 heavy (non-hydrogen) atoms. The van der Waals surface area contributed by atoms with E-state index in [1.54, 1.807) is 6.92 Å². The summed E-state index contributed by atoms with van der Waals surface area (Å²) in [7, 11) is 0. The highest BCUT2D eigenvalue weighted by molar-refractivity contribution is 5.76. The molecular formula is C16H24F6O4. The fraction of sp³-hybridized carbons (Fsp3) is 0.875. The first-order valence-electron chi connectivity index (χ1n) is 8.17. The molecule has 0 amide bonds. The lowest BCUT2D eigenvalue weighted by atomic mass is 9.90. The van der Waals surface area contributed by atoms with Crippen molar-refractivity contribution in [2.75, 3.05) is 6.61 Å². The van der Waals surface area contributed by atoms with Gasteiger partial charge in [-0.1, -0.05) is 26.7 Å². The van der Waals surface area contributed by atoms with E-state index in [1.165, 1.54) is 20.8 Å². The molecule has 0 spiro atoms. The Kier molecular flexibility index (Phi) is 8.43. The molecule has 154 valence electrons. The van der Waals surface area contributed by atoms with Crippen LogP contribution in [0.2, 0.25) is 0 Å². The zero-order chi connectivity index (χ0) is 20.8. The van der Waals surface area contributed by atoms with Gasteiger partial charge in [0.05, 0.1) is 5.41 Å². The Morgan fingerprint density at radius 2 is 1.38 bits per heavy atom. The predicted molar refractivity (Wildman–Crippen MR) is 80.1 cm³/mol. The Balaban J connectivity index is 5.59. The monoisotopic (exact) mass is 394 g/mol. The molecule has 0 unspecified atom stereocenters. The van der Waals surface area contributed by atoms with E-state index in [2.05, 4.69) is 9.47 Å². The standard InChI is InChI=1S/C16H24F6O4/c1-5-7-8-9-11(23)26-14(15(17,18)19,16(20,21)22)10-25-12(24)13(3,4)6-2/h5-10H2,1-4H3. The van der Waals surface area contributed by atoms with Gasteiger partial charge in [0.1, 0.15) is 6.61 Å². The highest BCUT2D eigenvalue weighted by atomic mass is 19.4. The minimum Gasteiger partial charge on any atom is -0.460 e. The van der Waals surface area contributed by atoms with Crippen molar-refractivity contribution in [1.29, 1.82) is 0 Å². The zero-order valence-electron chi connectivity index (χ0n) is 15.1. The Labute approximate surface area is 148 Å². The molecule has 10 heteroatoms. The molecule has 0 atom stereocenters. The second-order valence-corrected chi connectivity index (χ2v) is 6.57. The second-order valence-electron chi connectivity index (χ2n) is 6.57. The third kappa shape index (κ3) is 6.05. The molecule has 0 aromatic carbocycles. The van der Waals surface area contributed by atoms with Crippen LogP contribution in [0.5, 0.6) is 0 Å². The lowest BCUT2D eigenvalue weighted by Crippen LogP contribution is -2.63. The fourth-order valence-electron chi connectivity index (χ4n) is 1.74. The van der Waals surface area contributed by atoms with E-state index in [-0.39, 0.29) is 12.8 Å². The van der Waals surface area contributed by atoms with Crippen LogP contribution in [-0.2, 0) is 19.1 Å². The number of unbranched alkanes of at least 4 members (excludes halogenated alkanes) is 2. The van der Waals surface area contributed by atoms with Gasteiger partial charge in [0.25, 0.3) is 0 Å². The Morgan fingerprint density at radius 1 is 0.885 bits per heavy atom. The first-order valence-corrected chi connectivity index (χ1v) is 8.17. The van der Waals surface area contributed by atoms with Gasteiger partial charge in [-0.15, -0.1) is 0 Å². The average Bonchev–Trinajstić information content (AvgIpc) is 2.48. The lowest BCUT2D eigenvalue weighted by Gasteiger charge is -2.36. The van der Waals surface area contributed by atoms with E-state index >= 15 is 0 Å². The van der Waals surface area contributed by atoms with Crippen LogP contribution in [0.1, 0.15) is 59.8 Å². The fourth-order valence-corrected chi connectivity index (χ4v) is 1.74. The van der Waals surface area contributed by atoms with Crippen LogP contribution < -0.4 is 0 Å². The molecule has 0 bridgehead atoms. The summed E-state index contributed by atoms with van der Waals surface area (Å²) in [5.74, 6) is -2.90. The first kappa shape index (κ1) is 24.5. The van der Waals surface area contributed by atoms with Gasteiger partial charge in [-0.3, -0.25) is 9.59 Å². The molecule has 0 aliphatic rings. The smallest absolute Gasteiger partial charge is 0.441 e. The van der Waals surface area contributed by atoms with Crippen LogP contribution >= 0.6 is 0 Å². The SMILES string of the molecule is CCCCCC(=O)OC(COC(=O)C(C)(C)CC)(C(F)(F)F)C(F)(F)F. The summed E-state index contributed by atoms with van der Waals surface area (Å²) in [5, 5.41) is 0. The van der Waals surface area contributed by atoms with Crippen LogP contribution in [0, 0.1) is 5.41 Å². The first-order chi connectivity index (χ1) is 11.6. The number of halogens is 6. The molecular weight excluding hydrogens is 370 g/mol. The summed E-state index contributed by atoms with van der Waals surface area (Å²) in [4.78, 5) is 23.4. The summed E-state index contributed by atoms with van der Waals surface area (Å²) in [6.45, 7) is 3.72. The molecule has 0 rings (SSSR count). The van der Waals surface area contributed by atoms with Gasteiger partial charge in [0.15, 0.2) is 0 Å². The molecule has 4 nitrogen and oxygen atoms in total. The quantitative estimate of drug-likeness (QED) is 0.315. The third-order valence-electron chi connectivity index (χ3n) is 4.03. The Hall–Kier alpha value is -1.48. The maximum atomic E-state index is 13.3. The van der Waals surface area contributed by atoms with Crippen LogP contribution in [0.3, 0.4) is 0 Å². The topological polar surface area (TPSA) is 52.6 Å². The van der Waals surface area contributed by atoms with Crippen LogP contribution in [0.25, 0.3) is 0 Å². The van der Waals surface area contributed by atoms with Gasteiger partial charge in [-0.25, -0.2) is 0 Å². The molecule has 0 heterocycles. The molecule has 0 aromatic heterocycles. The highest BCUT2D eigenvalue weighted by Gasteiger charge is 2.75. The van der Waals surface area contributed by atoms with E-state index in [0.29, 0.717) is 12.8 Å². The van der Waals surface area contributed by atoms with Crippen molar-refractivity contribution >= 4 is 11.9 Å². The maximum absolute atomic E-state index is 13.3. The highest BCUT2D eigenvalue weighted by Crippen LogP contribution is 2.46. The van der Waals surface area contributed by atoms with E-state index in [4.69, 9.17) is 0 Å². The minimum absolute atomic E-state index is 0.0871. The molecule has 0 saturated carbocycles. The average molecular weight is 394 g/mol. The molecule has 0 aliphatic heterocycles. The Morgan fingerprint density at radius 3 is 1.77 bits per heavy atom. The van der Waals surface area contributed by atoms with Crippen molar-refractivity contribution in [1.82, 2.24) is 0 Å². The van der Waals surface area contributed by atoms with Crippen molar-refractivity contribution in [2.24, 2.45) is 5.41 Å². The van der Waals surface area contributed by atoms with Gasteiger partial charge >= 0.3 is 29.9 Å². The minimum atomic E-state index is -6.01. The number of carbonyl (C=O) groups excluding carboxylic acids is 2. The van der Waals surface area contributed by atoms with E-state index in [1.807, 2.05) is 0 Å². The van der Waals surface area contributed by atoms with Crippen molar-refractivity contribution in [2.45, 2.75) is 77.8 Å². The van der Waals surface area contributed by atoms with Crippen molar-refractivity contribution < 1.29 is 45.4 Å². The lowest BCUT2D eigenvalue weighted by molar-refractivity contribution is -0.377. The molecule has 0 fully saturated rings. The molecule has 0 radical (unpaired) electrons. The number of hydrogen-bond donors (Lipinski definition) is 0. The van der Waals surface area contributed by atoms with Gasteiger partial charge in [-0.05, 0) is 26.7 Å². The van der Waals surface area contributed by atoms with Gasteiger partial charge in [0.2, 0.25) is 0 Å². The third-order valence-corrected chi connectivity index (χ3v) is 4.03. The van der Waals surface area contributed by atoms with Gasteiger partial charge in [-0.2, -0.15) is 26.3 Å². The van der Waals surface area contributed by atoms with Crippen LogP contribution in [0.4, 0.5) is 26.3 Å². The van der Waals surface area contributed by atoms with Crippen molar-refractivity contribution in [3.05, 3.63) is 0 Å². The molecule has 0 saturated heterocycles. The summed E-state index contributed by atoms with van der Waals surface area (Å²) >= 11 is 0. The second kappa shape index (κ2) is 8.94. The summed E-state index contributed by atoms with van der Waals surface area (Å²) in [6.07, 6.45) is -11.3. The molecule has 0 N–H and O–H groups in total. The van der Waals surface area contributed by atoms with Crippen LogP contribution in [0.15, 0.2) is 0 Å². The number of rotatable bonds is 9. The number of ether oxygens (including phenoxy) is 2. The van der Waals surface area contributed by atoms with E-state index < -0.39 is 48.3 Å². The number of hydrogen-bond acceptors (Lipinski definition) is 4. The van der Waals surface area contributed by atoms with Gasteiger partial charge in [0, 0.05) is 6.42 Å².